The van der Waals surface area contributed by atoms with Crippen LogP contribution in [0.2, 0.25) is 0 Å². The van der Waals surface area contributed by atoms with Gasteiger partial charge in [-0.3, -0.25) is 4.79 Å². The Balaban J connectivity index is 1.99. The first kappa shape index (κ1) is 25.1. The first-order chi connectivity index (χ1) is 15.7. The highest BCUT2D eigenvalue weighted by Gasteiger charge is 2.25. The minimum atomic E-state index is -3.75. The molecule has 0 radical (unpaired) electrons. The van der Waals surface area contributed by atoms with E-state index in [1.165, 1.54) is 16.4 Å². The number of anilines is 2. The Morgan fingerprint density at radius 1 is 0.970 bits per heavy atom. The van der Waals surface area contributed by atoms with Crippen molar-refractivity contribution in [1.29, 1.82) is 0 Å². The summed E-state index contributed by atoms with van der Waals surface area (Å²) in [5.41, 5.74) is 0.927. The lowest BCUT2D eigenvalue weighted by Gasteiger charge is -2.36. The van der Waals surface area contributed by atoms with Gasteiger partial charge in [0.2, 0.25) is 10.0 Å². The van der Waals surface area contributed by atoms with Gasteiger partial charge in [-0.25, -0.2) is 17.2 Å². The van der Waals surface area contributed by atoms with Crippen molar-refractivity contribution >= 4 is 27.3 Å². The molecule has 0 unspecified atom stereocenters. The zero-order valence-electron chi connectivity index (χ0n) is 19.1. The maximum atomic E-state index is 13.7. The molecule has 0 bridgehead atoms. The summed E-state index contributed by atoms with van der Waals surface area (Å²) in [4.78, 5) is 17.3. The van der Waals surface area contributed by atoms with Crippen molar-refractivity contribution < 1.29 is 22.0 Å². The third-order valence-electron chi connectivity index (χ3n) is 5.90. The second-order valence-electron chi connectivity index (χ2n) is 7.77. The molecule has 3 rings (SSSR count). The van der Waals surface area contributed by atoms with E-state index in [2.05, 4.69) is 22.0 Å². The van der Waals surface area contributed by atoms with Crippen LogP contribution in [-0.2, 0) is 10.0 Å². The van der Waals surface area contributed by atoms with E-state index >= 15 is 0 Å². The van der Waals surface area contributed by atoms with Gasteiger partial charge >= 0.3 is 0 Å². The van der Waals surface area contributed by atoms with Crippen LogP contribution < -0.4 is 10.2 Å². The van der Waals surface area contributed by atoms with Gasteiger partial charge in [-0.15, -0.1) is 0 Å². The molecule has 1 aliphatic heterocycles. The average Bonchev–Trinajstić information content (AvgIpc) is 2.81. The summed E-state index contributed by atoms with van der Waals surface area (Å²) in [5, 5.41) is 2.72. The van der Waals surface area contributed by atoms with Gasteiger partial charge in [0.25, 0.3) is 5.91 Å². The SMILES string of the molecule is CCN1CCN(c2ccc(S(=O)(=O)N(CC)CC)cc2NC(=O)c2ccc(F)c(F)c2)CC1. The summed E-state index contributed by atoms with van der Waals surface area (Å²) in [5.74, 6) is -2.83. The lowest BCUT2D eigenvalue weighted by molar-refractivity contribution is 0.102. The first-order valence-corrected chi connectivity index (χ1v) is 12.5. The normalized spacial score (nSPS) is 15.2. The molecule has 7 nitrogen and oxygen atoms in total. The molecule has 1 fully saturated rings. The van der Waals surface area contributed by atoms with E-state index in [1.54, 1.807) is 26.0 Å². The lowest BCUT2D eigenvalue weighted by Crippen LogP contribution is -2.46. The summed E-state index contributed by atoms with van der Waals surface area (Å²) < 4.78 is 54.4. The molecule has 2 aromatic carbocycles. The number of amides is 1. The molecular weight excluding hydrogens is 450 g/mol. The van der Waals surface area contributed by atoms with Gasteiger partial charge in [-0.1, -0.05) is 20.8 Å². The fourth-order valence-corrected chi connectivity index (χ4v) is 5.39. The second-order valence-corrected chi connectivity index (χ2v) is 9.71. The highest BCUT2D eigenvalue weighted by Crippen LogP contribution is 2.31. The Bertz CT molecular complexity index is 1100. The van der Waals surface area contributed by atoms with Crippen molar-refractivity contribution in [2.75, 3.05) is 56.0 Å². The molecule has 1 N–H and O–H groups in total. The molecule has 0 spiro atoms. The van der Waals surface area contributed by atoms with Crippen LogP contribution in [0.25, 0.3) is 0 Å². The predicted molar refractivity (Wildman–Crippen MR) is 125 cm³/mol. The maximum absolute atomic E-state index is 13.7. The Morgan fingerprint density at radius 3 is 2.21 bits per heavy atom. The zero-order valence-corrected chi connectivity index (χ0v) is 20.0. The number of sulfonamides is 1. The molecule has 33 heavy (non-hydrogen) atoms. The number of likely N-dealkylation sites (N-methyl/N-ethyl adjacent to an activating group) is 1. The Hall–Kier alpha value is -2.56. The van der Waals surface area contributed by atoms with E-state index in [-0.39, 0.29) is 10.5 Å². The van der Waals surface area contributed by atoms with Gasteiger partial charge in [-0.2, -0.15) is 4.31 Å². The number of benzene rings is 2. The highest BCUT2D eigenvalue weighted by atomic mass is 32.2. The Morgan fingerprint density at radius 2 is 1.64 bits per heavy atom. The maximum Gasteiger partial charge on any atom is 0.255 e. The van der Waals surface area contributed by atoms with Crippen molar-refractivity contribution in [3.05, 3.63) is 53.6 Å². The number of carbonyl (C=O) groups excluding carboxylic acids is 1. The van der Waals surface area contributed by atoms with Crippen molar-refractivity contribution in [1.82, 2.24) is 9.21 Å². The molecule has 180 valence electrons. The van der Waals surface area contributed by atoms with Crippen molar-refractivity contribution in [3.8, 4) is 0 Å². The largest absolute Gasteiger partial charge is 0.367 e. The number of nitrogens with zero attached hydrogens (tertiary/aromatic N) is 3. The molecular formula is C23H30F2N4O3S. The van der Waals surface area contributed by atoms with E-state index in [9.17, 15) is 22.0 Å². The van der Waals surface area contributed by atoms with E-state index in [4.69, 9.17) is 0 Å². The quantitative estimate of drug-likeness (QED) is 0.627. The molecule has 1 aliphatic rings. The number of hydrogen-bond acceptors (Lipinski definition) is 5. The fraction of sp³-hybridized carbons (Fsp3) is 0.435. The summed E-state index contributed by atoms with van der Waals surface area (Å²) >= 11 is 0. The standard InChI is InChI=1S/C23H30F2N4O3S/c1-4-27-11-13-28(14-12-27)22-10-8-18(33(31,32)29(5-2)6-3)16-21(22)26-23(30)17-7-9-19(24)20(25)15-17/h7-10,15-16H,4-6,11-14H2,1-3H3,(H,26,30). The van der Waals surface area contributed by atoms with Crippen LogP contribution >= 0.6 is 0 Å². The predicted octanol–water partition coefficient (Wildman–Crippen LogP) is 3.39. The van der Waals surface area contributed by atoms with Gasteiger partial charge in [0.15, 0.2) is 11.6 Å². The van der Waals surface area contributed by atoms with Crippen molar-refractivity contribution in [2.24, 2.45) is 0 Å². The summed E-state index contributed by atoms with van der Waals surface area (Å²) in [6.07, 6.45) is 0. The van der Waals surface area contributed by atoms with Crippen molar-refractivity contribution in [2.45, 2.75) is 25.7 Å². The molecule has 10 heteroatoms. The molecule has 0 aliphatic carbocycles. The van der Waals surface area contributed by atoms with E-state index < -0.39 is 27.6 Å². The molecule has 0 aromatic heterocycles. The van der Waals surface area contributed by atoms with Crippen LogP contribution in [0.4, 0.5) is 20.2 Å². The molecule has 2 aromatic rings. The van der Waals surface area contributed by atoms with Crippen LogP contribution in [0.5, 0.6) is 0 Å². The van der Waals surface area contributed by atoms with Gasteiger partial charge in [0.1, 0.15) is 0 Å². The molecule has 0 atom stereocenters. The van der Waals surface area contributed by atoms with Gasteiger partial charge in [0, 0.05) is 44.8 Å². The topological polar surface area (TPSA) is 73.0 Å². The smallest absolute Gasteiger partial charge is 0.255 e. The van der Waals surface area contributed by atoms with Crippen molar-refractivity contribution in [3.63, 3.8) is 0 Å². The van der Waals surface area contributed by atoms with E-state index in [1.807, 2.05) is 0 Å². The van der Waals surface area contributed by atoms with Gasteiger partial charge in [0.05, 0.1) is 16.3 Å². The van der Waals surface area contributed by atoms with Gasteiger partial charge < -0.3 is 15.1 Å². The summed E-state index contributed by atoms with van der Waals surface area (Å²) in [6, 6.07) is 7.56. The number of piperazine rings is 1. The number of nitrogens with one attached hydrogen (secondary N) is 1. The third-order valence-corrected chi connectivity index (χ3v) is 7.95. The monoisotopic (exact) mass is 480 g/mol. The molecule has 0 saturated carbocycles. The molecule has 1 saturated heterocycles. The molecule has 1 heterocycles. The summed E-state index contributed by atoms with van der Waals surface area (Å²) in [6.45, 7) is 10.3. The highest BCUT2D eigenvalue weighted by molar-refractivity contribution is 7.89. The van der Waals surface area contributed by atoms with Crippen LogP contribution in [0.3, 0.4) is 0 Å². The number of halogens is 2. The van der Waals surface area contributed by atoms with E-state index in [0.29, 0.717) is 37.6 Å². The summed E-state index contributed by atoms with van der Waals surface area (Å²) in [7, 11) is -3.75. The van der Waals surface area contributed by atoms with E-state index in [0.717, 1.165) is 31.8 Å². The van der Waals surface area contributed by atoms with Crippen LogP contribution in [0.1, 0.15) is 31.1 Å². The zero-order chi connectivity index (χ0) is 24.2. The lowest BCUT2D eigenvalue weighted by atomic mass is 10.1. The molecule has 1 amide bonds. The third kappa shape index (κ3) is 5.51. The number of carbonyl (C=O) groups is 1. The van der Waals surface area contributed by atoms with Crippen LogP contribution in [0.15, 0.2) is 41.3 Å². The Labute approximate surface area is 194 Å². The van der Waals surface area contributed by atoms with Crippen LogP contribution in [-0.4, -0.2) is 69.3 Å². The second kappa shape index (κ2) is 10.6. The minimum absolute atomic E-state index is 0.0581. The number of rotatable bonds is 8. The Kier molecular flexibility index (Phi) is 8.04. The average molecular weight is 481 g/mol. The fourth-order valence-electron chi connectivity index (χ4n) is 3.90. The number of hydrogen-bond donors (Lipinski definition) is 1. The van der Waals surface area contributed by atoms with Crippen LogP contribution in [0, 0.1) is 11.6 Å². The minimum Gasteiger partial charge on any atom is -0.367 e. The first-order valence-electron chi connectivity index (χ1n) is 11.1. The van der Waals surface area contributed by atoms with Gasteiger partial charge in [-0.05, 0) is 42.9 Å².